The van der Waals surface area contributed by atoms with Crippen molar-refractivity contribution in [1.82, 2.24) is 4.90 Å². The van der Waals surface area contributed by atoms with E-state index in [1.54, 1.807) is 18.2 Å². The second kappa shape index (κ2) is 8.66. The SMILES string of the molecule is COc1ccc(C(=O)[C@@H]2[C@@H](c3ccccc3)C(C#N)(C#N)[C@H]3c4ccccc4C=CN23)cc1OC. The maximum Gasteiger partial charge on any atom is 0.186 e. The Labute approximate surface area is 204 Å². The van der Waals surface area contributed by atoms with E-state index >= 15 is 0 Å². The van der Waals surface area contributed by atoms with E-state index in [1.165, 1.54) is 14.2 Å². The van der Waals surface area contributed by atoms with E-state index in [0.29, 0.717) is 17.1 Å². The monoisotopic (exact) mass is 461 g/mol. The molecule has 2 heterocycles. The number of carbonyl (C=O) groups excluding carboxylic acids is 1. The van der Waals surface area contributed by atoms with Gasteiger partial charge in [0.1, 0.15) is 6.04 Å². The summed E-state index contributed by atoms with van der Waals surface area (Å²) in [6.07, 6.45) is 3.79. The number of hydrogen-bond acceptors (Lipinski definition) is 6. The number of fused-ring (bicyclic) bond motifs is 3. The third-order valence-corrected chi connectivity index (χ3v) is 7.04. The van der Waals surface area contributed by atoms with Gasteiger partial charge < -0.3 is 14.4 Å². The van der Waals surface area contributed by atoms with Crippen LogP contribution in [0.2, 0.25) is 0 Å². The van der Waals surface area contributed by atoms with Gasteiger partial charge in [0.15, 0.2) is 22.7 Å². The first-order valence-corrected chi connectivity index (χ1v) is 11.3. The van der Waals surface area contributed by atoms with E-state index in [0.717, 1.165) is 16.7 Å². The number of nitrogens with zero attached hydrogens (tertiary/aromatic N) is 3. The highest BCUT2D eigenvalue weighted by Crippen LogP contribution is 2.60. The molecule has 0 amide bonds. The molecule has 0 unspecified atom stereocenters. The summed E-state index contributed by atoms with van der Waals surface area (Å²) >= 11 is 0. The Morgan fingerprint density at radius 3 is 2.29 bits per heavy atom. The molecule has 0 N–H and O–H groups in total. The highest BCUT2D eigenvalue weighted by atomic mass is 16.5. The second-order valence-corrected chi connectivity index (χ2v) is 8.65. The maximum absolute atomic E-state index is 14.2. The minimum atomic E-state index is -1.49. The summed E-state index contributed by atoms with van der Waals surface area (Å²) in [6.45, 7) is 0. The fraction of sp³-hybridized carbons (Fsp3) is 0.207. The lowest BCUT2D eigenvalue weighted by atomic mass is 9.67. The molecule has 0 aromatic heterocycles. The first kappa shape index (κ1) is 22.3. The summed E-state index contributed by atoms with van der Waals surface area (Å²) in [5.41, 5.74) is 1.51. The average molecular weight is 462 g/mol. The van der Waals surface area contributed by atoms with Crippen LogP contribution in [0.4, 0.5) is 0 Å². The molecule has 35 heavy (non-hydrogen) atoms. The van der Waals surface area contributed by atoms with Gasteiger partial charge in [0.2, 0.25) is 0 Å². The lowest BCUT2D eigenvalue weighted by Crippen LogP contribution is -2.37. The van der Waals surface area contributed by atoms with Gasteiger partial charge in [-0.15, -0.1) is 0 Å². The van der Waals surface area contributed by atoms with Gasteiger partial charge in [0.25, 0.3) is 0 Å². The molecule has 3 aromatic rings. The van der Waals surface area contributed by atoms with Crippen LogP contribution < -0.4 is 9.47 Å². The average Bonchev–Trinajstić information content (AvgIpc) is 3.23. The van der Waals surface area contributed by atoms with Crippen LogP contribution in [-0.4, -0.2) is 30.9 Å². The Hall–Kier alpha value is -4.55. The maximum atomic E-state index is 14.2. The van der Waals surface area contributed by atoms with E-state index in [2.05, 4.69) is 12.1 Å². The smallest absolute Gasteiger partial charge is 0.186 e. The standard InChI is InChI=1S/C29H23N3O3/c1-34-23-13-12-21(16-24(23)35-2)27(33)26-25(20-9-4-3-5-10-20)29(17-30,18-31)28-22-11-7-6-8-19(22)14-15-32(26)28/h3-16,25-26,28H,1-2H3/t25-,26+,28-/m1/s1. The first-order chi connectivity index (χ1) is 17.1. The number of carbonyl (C=O) groups is 1. The van der Waals surface area contributed by atoms with E-state index in [4.69, 9.17) is 9.47 Å². The Morgan fingerprint density at radius 1 is 0.914 bits per heavy atom. The highest BCUT2D eigenvalue weighted by Gasteiger charge is 2.63. The van der Waals surface area contributed by atoms with Crippen LogP contribution in [0.25, 0.3) is 6.08 Å². The summed E-state index contributed by atoms with van der Waals surface area (Å²) in [4.78, 5) is 16.1. The number of ether oxygens (including phenoxy) is 2. The molecule has 1 fully saturated rings. The molecule has 3 atom stereocenters. The fourth-order valence-electron chi connectivity index (χ4n) is 5.49. The number of nitriles is 2. The van der Waals surface area contributed by atoms with Crippen molar-refractivity contribution in [3.8, 4) is 23.6 Å². The largest absolute Gasteiger partial charge is 0.493 e. The van der Waals surface area contributed by atoms with Crippen LogP contribution >= 0.6 is 0 Å². The molecule has 2 aliphatic heterocycles. The number of hydrogen-bond donors (Lipinski definition) is 0. The Morgan fingerprint density at radius 2 is 1.60 bits per heavy atom. The molecule has 0 spiro atoms. The van der Waals surface area contributed by atoms with Crippen LogP contribution in [0.1, 0.15) is 39.0 Å². The van der Waals surface area contributed by atoms with Crippen LogP contribution in [-0.2, 0) is 0 Å². The topological polar surface area (TPSA) is 86.3 Å². The summed E-state index contributed by atoms with van der Waals surface area (Å²) in [6, 6.07) is 25.5. The zero-order valence-electron chi connectivity index (χ0n) is 19.4. The summed E-state index contributed by atoms with van der Waals surface area (Å²) in [5, 5.41) is 21.1. The van der Waals surface area contributed by atoms with Gasteiger partial charge in [-0.05, 0) is 41.0 Å². The normalized spacial score (nSPS) is 21.3. The Bertz CT molecular complexity index is 1390. The number of Topliss-reactive ketones (excluding diaryl/α,β-unsaturated/α-hetero) is 1. The second-order valence-electron chi connectivity index (χ2n) is 8.65. The van der Waals surface area contributed by atoms with Crippen molar-refractivity contribution in [1.29, 1.82) is 10.5 Å². The van der Waals surface area contributed by atoms with Crippen molar-refractivity contribution in [2.45, 2.75) is 18.0 Å². The zero-order valence-corrected chi connectivity index (χ0v) is 19.4. The molecule has 0 aliphatic carbocycles. The van der Waals surface area contributed by atoms with Gasteiger partial charge in [-0.2, -0.15) is 10.5 Å². The number of methoxy groups -OCH3 is 2. The van der Waals surface area contributed by atoms with Gasteiger partial charge in [-0.1, -0.05) is 54.6 Å². The third kappa shape index (κ3) is 3.26. The molecule has 3 aromatic carbocycles. The fourth-order valence-corrected chi connectivity index (χ4v) is 5.49. The van der Waals surface area contributed by atoms with Gasteiger partial charge in [-0.3, -0.25) is 4.79 Å². The van der Waals surface area contributed by atoms with E-state index in [1.807, 2.05) is 71.8 Å². The lowest BCUT2D eigenvalue weighted by molar-refractivity contribution is 0.0874. The minimum absolute atomic E-state index is 0.193. The predicted octanol–water partition coefficient (Wildman–Crippen LogP) is 5.11. The van der Waals surface area contributed by atoms with Crippen molar-refractivity contribution in [2.75, 3.05) is 14.2 Å². The number of rotatable bonds is 5. The summed E-state index contributed by atoms with van der Waals surface area (Å²) in [5.74, 6) is 0.0833. The highest BCUT2D eigenvalue weighted by molar-refractivity contribution is 6.02. The van der Waals surface area contributed by atoms with Crippen molar-refractivity contribution < 1.29 is 14.3 Å². The van der Waals surface area contributed by atoms with E-state index < -0.39 is 23.4 Å². The van der Waals surface area contributed by atoms with Crippen molar-refractivity contribution >= 4 is 11.9 Å². The quantitative estimate of drug-likeness (QED) is 0.491. The van der Waals surface area contributed by atoms with E-state index in [-0.39, 0.29) is 5.78 Å². The van der Waals surface area contributed by atoms with E-state index in [9.17, 15) is 15.3 Å². The molecule has 0 bridgehead atoms. The molecule has 6 nitrogen and oxygen atoms in total. The van der Waals surface area contributed by atoms with Crippen molar-refractivity contribution in [2.24, 2.45) is 5.41 Å². The molecule has 0 radical (unpaired) electrons. The molecule has 2 aliphatic rings. The third-order valence-electron chi connectivity index (χ3n) is 7.04. The van der Waals surface area contributed by atoms with Crippen molar-refractivity contribution in [3.63, 3.8) is 0 Å². The van der Waals surface area contributed by atoms with Crippen molar-refractivity contribution in [3.05, 3.63) is 101 Å². The van der Waals surface area contributed by atoms with Crippen LogP contribution in [0, 0.1) is 28.1 Å². The number of ketones is 1. The first-order valence-electron chi connectivity index (χ1n) is 11.3. The van der Waals surface area contributed by atoms with Crippen LogP contribution in [0.3, 0.4) is 0 Å². The molecule has 172 valence electrons. The molecule has 1 saturated heterocycles. The van der Waals surface area contributed by atoms with Gasteiger partial charge in [0.05, 0.1) is 32.4 Å². The predicted molar refractivity (Wildman–Crippen MR) is 131 cm³/mol. The van der Waals surface area contributed by atoms with Gasteiger partial charge in [-0.25, -0.2) is 0 Å². The zero-order chi connectivity index (χ0) is 24.6. The molecular weight excluding hydrogens is 438 g/mol. The van der Waals surface area contributed by atoms with Gasteiger partial charge in [0, 0.05) is 17.7 Å². The summed E-state index contributed by atoms with van der Waals surface area (Å²) < 4.78 is 10.8. The Balaban J connectivity index is 1.74. The summed E-state index contributed by atoms with van der Waals surface area (Å²) in [7, 11) is 3.06. The molecule has 5 rings (SSSR count). The minimum Gasteiger partial charge on any atom is -0.493 e. The number of benzene rings is 3. The molecule has 6 heteroatoms. The molecular formula is C29H23N3O3. The van der Waals surface area contributed by atoms with Crippen LogP contribution in [0.5, 0.6) is 11.5 Å². The van der Waals surface area contributed by atoms with Crippen LogP contribution in [0.15, 0.2) is 79.0 Å². The Kier molecular flexibility index (Phi) is 5.51. The lowest BCUT2D eigenvalue weighted by Gasteiger charge is -2.34. The molecule has 0 saturated carbocycles. The van der Waals surface area contributed by atoms with Gasteiger partial charge >= 0.3 is 0 Å².